The summed E-state index contributed by atoms with van der Waals surface area (Å²) in [5.74, 6) is 2.33. The fourth-order valence-electron chi connectivity index (χ4n) is 4.32. The number of hydrogen-bond acceptors (Lipinski definition) is 4. The van der Waals surface area contributed by atoms with E-state index in [2.05, 4.69) is 31.8 Å². The highest BCUT2D eigenvalue weighted by atomic mass is 16.3. The van der Waals surface area contributed by atoms with Gasteiger partial charge in [0.2, 0.25) is 0 Å². The third kappa shape index (κ3) is 2.87. The van der Waals surface area contributed by atoms with Gasteiger partial charge in [0.15, 0.2) is 5.82 Å². The van der Waals surface area contributed by atoms with Crippen LogP contribution in [-0.2, 0) is 13.6 Å². The highest BCUT2D eigenvalue weighted by Crippen LogP contribution is 2.40. The first-order valence-corrected chi connectivity index (χ1v) is 9.04. The van der Waals surface area contributed by atoms with Crippen LogP contribution < -0.4 is 0 Å². The van der Waals surface area contributed by atoms with Crippen LogP contribution in [0.25, 0.3) is 11.4 Å². The molecule has 1 aromatic carbocycles. The van der Waals surface area contributed by atoms with Gasteiger partial charge in [-0.05, 0) is 19.3 Å². The van der Waals surface area contributed by atoms with Gasteiger partial charge in [0.25, 0.3) is 0 Å². The molecule has 2 atom stereocenters. The standard InChI is InChI=1S/C19H26N4O/c1-22-17(20-21-18(22)15-7-3-2-4-8-15)14-23-12-11-19(24)10-6-5-9-16(19)13-23/h2-4,7-8,16,24H,5-6,9-14H2,1H3. The average molecular weight is 326 g/mol. The molecule has 1 aliphatic heterocycles. The maximum absolute atomic E-state index is 10.8. The molecule has 24 heavy (non-hydrogen) atoms. The first-order chi connectivity index (χ1) is 11.7. The van der Waals surface area contributed by atoms with Crippen molar-refractivity contribution in [3.8, 4) is 11.4 Å². The second kappa shape index (κ2) is 6.30. The lowest BCUT2D eigenvalue weighted by Gasteiger charge is -2.47. The molecule has 0 bridgehead atoms. The molecule has 1 N–H and O–H groups in total. The number of rotatable bonds is 3. The van der Waals surface area contributed by atoms with Gasteiger partial charge in [0.1, 0.15) is 5.82 Å². The normalized spacial score (nSPS) is 27.8. The maximum atomic E-state index is 10.8. The van der Waals surface area contributed by atoms with Crippen LogP contribution in [0.3, 0.4) is 0 Å². The Bertz CT molecular complexity index is 699. The summed E-state index contributed by atoms with van der Waals surface area (Å²) < 4.78 is 2.09. The topological polar surface area (TPSA) is 54.2 Å². The predicted molar refractivity (Wildman–Crippen MR) is 93.2 cm³/mol. The predicted octanol–water partition coefficient (Wildman–Crippen LogP) is 2.61. The van der Waals surface area contributed by atoms with Crippen LogP contribution in [0.15, 0.2) is 30.3 Å². The molecule has 2 unspecified atom stereocenters. The molecule has 128 valence electrons. The van der Waals surface area contributed by atoms with Gasteiger partial charge in [-0.15, -0.1) is 10.2 Å². The molecule has 4 rings (SSSR count). The Labute approximate surface area is 143 Å². The van der Waals surface area contributed by atoms with Crippen molar-refractivity contribution in [3.63, 3.8) is 0 Å². The van der Waals surface area contributed by atoms with E-state index in [0.29, 0.717) is 5.92 Å². The quantitative estimate of drug-likeness (QED) is 0.942. The summed E-state index contributed by atoms with van der Waals surface area (Å²) >= 11 is 0. The molecule has 2 fully saturated rings. The van der Waals surface area contributed by atoms with Crippen molar-refractivity contribution in [2.24, 2.45) is 13.0 Å². The number of aliphatic hydroxyl groups is 1. The molecule has 1 aromatic heterocycles. The zero-order valence-electron chi connectivity index (χ0n) is 14.4. The van der Waals surface area contributed by atoms with Gasteiger partial charge in [-0.3, -0.25) is 4.90 Å². The molecule has 1 saturated heterocycles. The van der Waals surface area contributed by atoms with E-state index in [0.717, 1.165) is 56.1 Å². The third-order valence-corrected chi connectivity index (χ3v) is 5.87. The summed E-state index contributed by atoms with van der Waals surface area (Å²) in [7, 11) is 2.04. The van der Waals surface area contributed by atoms with Crippen molar-refractivity contribution >= 4 is 0 Å². The Morgan fingerprint density at radius 3 is 2.83 bits per heavy atom. The van der Waals surface area contributed by atoms with Gasteiger partial charge < -0.3 is 9.67 Å². The van der Waals surface area contributed by atoms with Gasteiger partial charge >= 0.3 is 0 Å². The van der Waals surface area contributed by atoms with E-state index < -0.39 is 5.60 Å². The largest absolute Gasteiger partial charge is 0.390 e. The number of benzene rings is 1. The number of hydrogen-bond donors (Lipinski definition) is 1. The SMILES string of the molecule is Cn1c(CN2CCC3(O)CCCCC3C2)nnc1-c1ccccc1. The molecule has 5 heteroatoms. The van der Waals surface area contributed by atoms with Crippen LogP contribution in [0.1, 0.15) is 37.9 Å². The van der Waals surface area contributed by atoms with Gasteiger partial charge in [0, 0.05) is 31.6 Å². The van der Waals surface area contributed by atoms with Crippen molar-refractivity contribution in [3.05, 3.63) is 36.2 Å². The fourth-order valence-corrected chi connectivity index (χ4v) is 4.32. The van der Waals surface area contributed by atoms with Crippen LogP contribution in [-0.4, -0.2) is 43.5 Å². The first kappa shape index (κ1) is 15.8. The summed E-state index contributed by atoms with van der Waals surface area (Å²) in [5.41, 5.74) is 0.683. The minimum Gasteiger partial charge on any atom is -0.390 e. The van der Waals surface area contributed by atoms with Crippen LogP contribution in [0.5, 0.6) is 0 Å². The number of piperidine rings is 1. The van der Waals surface area contributed by atoms with Crippen molar-refractivity contribution < 1.29 is 5.11 Å². The minimum absolute atomic E-state index is 0.413. The number of aromatic nitrogens is 3. The Morgan fingerprint density at radius 2 is 2.00 bits per heavy atom. The van der Waals surface area contributed by atoms with E-state index in [4.69, 9.17) is 0 Å². The summed E-state index contributed by atoms with van der Waals surface area (Å²) in [6, 6.07) is 10.2. The summed E-state index contributed by atoms with van der Waals surface area (Å²) in [6.07, 6.45) is 5.45. The molecule has 5 nitrogen and oxygen atoms in total. The smallest absolute Gasteiger partial charge is 0.163 e. The molecule has 1 aliphatic carbocycles. The van der Waals surface area contributed by atoms with Gasteiger partial charge in [-0.2, -0.15) is 0 Å². The Kier molecular flexibility index (Phi) is 4.14. The van der Waals surface area contributed by atoms with Crippen molar-refractivity contribution in [2.75, 3.05) is 13.1 Å². The summed E-state index contributed by atoms with van der Waals surface area (Å²) in [5, 5.41) is 19.6. The van der Waals surface area contributed by atoms with E-state index in [9.17, 15) is 5.11 Å². The zero-order chi connectivity index (χ0) is 16.6. The lowest BCUT2D eigenvalue weighted by molar-refractivity contribution is -0.0972. The monoisotopic (exact) mass is 326 g/mol. The van der Waals surface area contributed by atoms with E-state index in [-0.39, 0.29) is 0 Å². The Hall–Kier alpha value is -1.72. The molecule has 0 amide bonds. The molecule has 2 aromatic rings. The number of likely N-dealkylation sites (tertiary alicyclic amines) is 1. The van der Waals surface area contributed by atoms with E-state index >= 15 is 0 Å². The fraction of sp³-hybridized carbons (Fsp3) is 0.579. The van der Waals surface area contributed by atoms with Gasteiger partial charge in [-0.25, -0.2) is 0 Å². The summed E-state index contributed by atoms with van der Waals surface area (Å²) in [4.78, 5) is 2.43. The first-order valence-electron chi connectivity index (χ1n) is 9.04. The second-order valence-electron chi connectivity index (χ2n) is 7.40. The summed E-state index contributed by atoms with van der Waals surface area (Å²) in [6.45, 7) is 2.73. The lowest BCUT2D eigenvalue weighted by Crippen LogP contribution is -2.53. The second-order valence-corrected chi connectivity index (χ2v) is 7.40. The van der Waals surface area contributed by atoms with Crippen molar-refractivity contribution in [1.29, 1.82) is 0 Å². The lowest BCUT2D eigenvalue weighted by atomic mass is 9.71. The Morgan fingerprint density at radius 1 is 1.17 bits per heavy atom. The maximum Gasteiger partial charge on any atom is 0.163 e. The highest BCUT2D eigenvalue weighted by Gasteiger charge is 2.42. The molecular weight excluding hydrogens is 300 g/mol. The Balaban J connectivity index is 1.48. The van der Waals surface area contributed by atoms with E-state index in [1.54, 1.807) is 0 Å². The van der Waals surface area contributed by atoms with Crippen molar-refractivity contribution in [2.45, 2.75) is 44.2 Å². The average Bonchev–Trinajstić information content (AvgIpc) is 2.96. The van der Waals surface area contributed by atoms with E-state index in [1.165, 1.54) is 12.8 Å². The molecule has 2 aliphatic rings. The minimum atomic E-state index is -0.413. The van der Waals surface area contributed by atoms with Crippen LogP contribution in [0.2, 0.25) is 0 Å². The van der Waals surface area contributed by atoms with Gasteiger partial charge in [-0.1, -0.05) is 43.2 Å². The molecule has 0 radical (unpaired) electrons. The number of nitrogens with zero attached hydrogens (tertiary/aromatic N) is 4. The third-order valence-electron chi connectivity index (χ3n) is 5.87. The van der Waals surface area contributed by atoms with Crippen LogP contribution in [0, 0.1) is 5.92 Å². The molecule has 1 saturated carbocycles. The van der Waals surface area contributed by atoms with Crippen LogP contribution >= 0.6 is 0 Å². The van der Waals surface area contributed by atoms with Gasteiger partial charge in [0.05, 0.1) is 12.1 Å². The molecule has 0 spiro atoms. The van der Waals surface area contributed by atoms with Crippen molar-refractivity contribution in [1.82, 2.24) is 19.7 Å². The highest BCUT2D eigenvalue weighted by molar-refractivity contribution is 5.54. The zero-order valence-corrected chi connectivity index (χ0v) is 14.4. The number of fused-ring (bicyclic) bond motifs is 1. The van der Waals surface area contributed by atoms with E-state index in [1.807, 2.05) is 25.2 Å². The molecular formula is C19H26N4O. The van der Waals surface area contributed by atoms with Crippen LogP contribution in [0.4, 0.5) is 0 Å². The molecule has 2 heterocycles.